The lowest BCUT2D eigenvalue weighted by molar-refractivity contribution is 0.0996. The maximum Gasteiger partial charge on any atom is 0.283 e. The predicted molar refractivity (Wildman–Crippen MR) is 86.7 cm³/mol. The van der Waals surface area contributed by atoms with Gasteiger partial charge in [0.15, 0.2) is 4.80 Å². The number of aryl methyl sites for hydroxylation is 2. The van der Waals surface area contributed by atoms with Gasteiger partial charge in [-0.05, 0) is 38.1 Å². The van der Waals surface area contributed by atoms with Crippen molar-refractivity contribution >= 4 is 27.5 Å². The summed E-state index contributed by atoms with van der Waals surface area (Å²) in [5, 5.41) is 0. The number of carbonyl (C=O) groups is 1. The summed E-state index contributed by atoms with van der Waals surface area (Å²) in [5.74, 6) is 2.95. The molecule has 1 amide bonds. The van der Waals surface area contributed by atoms with Crippen molar-refractivity contribution in [2.75, 3.05) is 0 Å². The predicted octanol–water partition coefficient (Wildman–Crippen LogP) is 3.43. The van der Waals surface area contributed by atoms with E-state index in [2.05, 4.69) is 10.9 Å². The lowest BCUT2D eigenvalue weighted by Crippen LogP contribution is -2.16. The van der Waals surface area contributed by atoms with Gasteiger partial charge >= 0.3 is 0 Å². The van der Waals surface area contributed by atoms with Crippen LogP contribution in [0.25, 0.3) is 10.2 Å². The first-order chi connectivity index (χ1) is 11.0. The van der Waals surface area contributed by atoms with Crippen LogP contribution in [0.15, 0.2) is 33.7 Å². The number of amides is 1. The third-order valence-electron chi connectivity index (χ3n) is 3.36. The van der Waals surface area contributed by atoms with Gasteiger partial charge in [-0.25, -0.2) is 4.39 Å². The highest BCUT2D eigenvalue weighted by molar-refractivity contribution is 7.16. The Morgan fingerprint density at radius 2 is 2.22 bits per heavy atom. The van der Waals surface area contributed by atoms with Gasteiger partial charge in [-0.15, -0.1) is 6.42 Å². The lowest BCUT2D eigenvalue weighted by Gasteiger charge is -1.99. The van der Waals surface area contributed by atoms with Gasteiger partial charge in [0.05, 0.1) is 22.3 Å². The third-order valence-corrected chi connectivity index (χ3v) is 4.40. The minimum Gasteiger partial charge on any atom is -0.466 e. The zero-order chi connectivity index (χ0) is 16.6. The minimum atomic E-state index is -0.405. The van der Waals surface area contributed by atoms with Crippen LogP contribution in [0.2, 0.25) is 0 Å². The summed E-state index contributed by atoms with van der Waals surface area (Å²) in [5.41, 5.74) is 1.17. The van der Waals surface area contributed by atoms with Crippen molar-refractivity contribution in [3.8, 4) is 12.3 Å². The fourth-order valence-corrected chi connectivity index (χ4v) is 3.42. The van der Waals surface area contributed by atoms with Crippen LogP contribution in [0.3, 0.4) is 0 Å². The summed E-state index contributed by atoms with van der Waals surface area (Å²) in [6.45, 7) is 3.73. The molecule has 0 spiro atoms. The van der Waals surface area contributed by atoms with Crippen LogP contribution in [0.5, 0.6) is 0 Å². The van der Waals surface area contributed by atoms with Gasteiger partial charge in [-0.1, -0.05) is 17.3 Å². The summed E-state index contributed by atoms with van der Waals surface area (Å²) >= 11 is 1.22. The van der Waals surface area contributed by atoms with Crippen LogP contribution in [0.4, 0.5) is 4.39 Å². The van der Waals surface area contributed by atoms with Crippen molar-refractivity contribution in [1.29, 1.82) is 0 Å². The largest absolute Gasteiger partial charge is 0.466 e. The van der Waals surface area contributed by atoms with E-state index in [0.717, 1.165) is 5.52 Å². The highest BCUT2D eigenvalue weighted by Gasteiger charge is 2.14. The second-order valence-corrected chi connectivity index (χ2v) is 6.04. The standard InChI is InChI=1S/C17H13FN2O2S/c1-4-7-20-14-6-5-12(18)9-15(14)23-17(20)19-16(21)13-8-10(2)22-11(13)3/h1,5-6,8-9H,7H2,2-3H3. The molecule has 116 valence electrons. The van der Waals surface area contributed by atoms with Crippen molar-refractivity contribution < 1.29 is 13.6 Å². The fourth-order valence-electron chi connectivity index (χ4n) is 2.37. The topological polar surface area (TPSA) is 47.5 Å². The minimum absolute atomic E-state index is 0.251. The number of fused-ring (bicyclic) bond motifs is 1. The van der Waals surface area contributed by atoms with Gasteiger partial charge in [-0.3, -0.25) is 4.79 Å². The zero-order valence-corrected chi connectivity index (χ0v) is 13.4. The SMILES string of the molecule is C#CCn1c(=NC(=O)c2cc(C)oc2C)sc2cc(F)ccc21. The second kappa shape index (κ2) is 5.86. The molecule has 0 atom stereocenters. The van der Waals surface area contributed by atoms with Gasteiger partial charge in [-0.2, -0.15) is 4.99 Å². The molecule has 0 aliphatic carbocycles. The Morgan fingerprint density at radius 3 is 2.87 bits per heavy atom. The molecule has 0 aliphatic rings. The first-order valence-electron chi connectivity index (χ1n) is 6.88. The monoisotopic (exact) mass is 328 g/mol. The molecule has 0 aliphatic heterocycles. The molecule has 0 saturated heterocycles. The van der Waals surface area contributed by atoms with Crippen molar-refractivity contribution in [3.05, 3.63) is 52.0 Å². The number of hydrogen-bond acceptors (Lipinski definition) is 3. The average Bonchev–Trinajstić information content (AvgIpc) is 2.99. The molecule has 0 unspecified atom stereocenters. The smallest absolute Gasteiger partial charge is 0.283 e. The summed E-state index contributed by atoms with van der Waals surface area (Å²) in [7, 11) is 0. The molecule has 0 radical (unpaired) electrons. The number of aromatic nitrogens is 1. The lowest BCUT2D eigenvalue weighted by atomic mass is 10.2. The molecule has 23 heavy (non-hydrogen) atoms. The van der Waals surface area contributed by atoms with Gasteiger partial charge in [0.2, 0.25) is 0 Å². The molecule has 3 aromatic rings. The van der Waals surface area contributed by atoms with Crippen LogP contribution in [-0.4, -0.2) is 10.5 Å². The first-order valence-corrected chi connectivity index (χ1v) is 7.69. The maximum atomic E-state index is 13.4. The highest BCUT2D eigenvalue weighted by atomic mass is 32.1. The molecule has 2 heterocycles. The molecule has 0 bridgehead atoms. The Balaban J connectivity index is 2.18. The van der Waals surface area contributed by atoms with Gasteiger partial charge in [0.25, 0.3) is 5.91 Å². The number of benzene rings is 1. The fraction of sp³-hybridized carbons (Fsp3) is 0.176. The molecule has 0 saturated carbocycles. The Bertz CT molecular complexity index is 1020. The van der Waals surface area contributed by atoms with Crippen molar-refractivity contribution in [2.45, 2.75) is 20.4 Å². The molecule has 2 aromatic heterocycles. The number of rotatable bonds is 2. The number of carbonyl (C=O) groups excluding carboxylic acids is 1. The number of thiazole rings is 1. The van der Waals surface area contributed by atoms with Crippen molar-refractivity contribution in [2.24, 2.45) is 4.99 Å². The van der Waals surface area contributed by atoms with E-state index in [-0.39, 0.29) is 12.4 Å². The van der Waals surface area contributed by atoms with E-state index in [1.54, 1.807) is 30.5 Å². The quantitative estimate of drug-likeness (QED) is 0.677. The van der Waals surface area contributed by atoms with Gasteiger partial charge in [0, 0.05) is 0 Å². The Hall–Kier alpha value is -2.65. The average molecular weight is 328 g/mol. The van der Waals surface area contributed by atoms with Crippen molar-refractivity contribution in [3.63, 3.8) is 0 Å². The Kier molecular flexibility index (Phi) is 3.89. The Labute approximate surface area is 135 Å². The normalized spacial score (nSPS) is 11.8. The van der Waals surface area contributed by atoms with Crippen LogP contribution in [-0.2, 0) is 6.54 Å². The maximum absolute atomic E-state index is 13.4. The number of furan rings is 1. The molecule has 6 heteroatoms. The molecular formula is C17H13FN2O2S. The van der Waals surface area contributed by atoms with E-state index in [1.807, 2.05) is 0 Å². The van der Waals surface area contributed by atoms with E-state index in [9.17, 15) is 9.18 Å². The number of halogens is 1. The molecule has 1 aromatic carbocycles. The first kappa shape index (κ1) is 15.3. The van der Waals surface area contributed by atoms with E-state index in [4.69, 9.17) is 10.8 Å². The van der Waals surface area contributed by atoms with E-state index in [1.165, 1.54) is 23.5 Å². The van der Waals surface area contributed by atoms with Gasteiger partial charge < -0.3 is 8.98 Å². The van der Waals surface area contributed by atoms with Crippen LogP contribution < -0.4 is 4.80 Å². The third kappa shape index (κ3) is 2.83. The molecule has 3 rings (SSSR count). The summed E-state index contributed by atoms with van der Waals surface area (Å²) in [4.78, 5) is 17.0. The Morgan fingerprint density at radius 1 is 1.43 bits per heavy atom. The van der Waals surface area contributed by atoms with E-state index < -0.39 is 5.91 Å². The molecule has 0 fully saturated rings. The van der Waals surface area contributed by atoms with Crippen LogP contribution in [0.1, 0.15) is 21.9 Å². The second-order valence-electron chi connectivity index (χ2n) is 5.03. The summed E-state index contributed by atoms with van der Waals surface area (Å²) in [6, 6.07) is 6.05. The van der Waals surface area contributed by atoms with E-state index >= 15 is 0 Å². The number of nitrogens with zero attached hydrogens (tertiary/aromatic N) is 2. The summed E-state index contributed by atoms with van der Waals surface area (Å²) < 4.78 is 21.2. The van der Waals surface area contributed by atoms with Crippen LogP contribution in [0, 0.1) is 32.0 Å². The van der Waals surface area contributed by atoms with Crippen molar-refractivity contribution in [1.82, 2.24) is 4.57 Å². The molecule has 4 nitrogen and oxygen atoms in total. The number of hydrogen-bond donors (Lipinski definition) is 0. The van der Waals surface area contributed by atoms with Gasteiger partial charge in [0.1, 0.15) is 17.3 Å². The van der Waals surface area contributed by atoms with Crippen LogP contribution >= 0.6 is 11.3 Å². The molecule has 0 N–H and O–H groups in total. The summed E-state index contributed by atoms with van der Waals surface area (Å²) in [6.07, 6.45) is 5.40. The zero-order valence-electron chi connectivity index (χ0n) is 12.6. The highest BCUT2D eigenvalue weighted by Crippen LogP contribution is 2.19. The molecular weight excluding hydrogens is 315 g/mol. The van der Waals surface area contributed by atoms with E-state index in [0.29, 0.717) is 26.6 Å². The number of terminal acetylenes is 1.